The lowest BCUT2D eigenvalue weighted by Gasteiger charge is -2.02. The fraction of sp³-hybridized carbons (Fsp3) is 0.0571. The number of benzene rings is 4. The van der Waals surface area contributed by atoms with E-state index in [9.17, 15) is 14.4 Å². The predicted molar refractivity (Wildman–Crippen MR) is 163 cm³/mol. The van der Waals surface area contributed by atoms with Crippen LogP contribution in [0, 0.1) is 0 Å². The number of carboxylic acids is 2. The second kappa shape index (κ2) is 19.6. The number of carbonyl (C=O) groups is 3. The second-order valence-corrected chi connectivity index (χ2v) is 8.31. The standard InChI is InChI=1S/C17H16O2.2C9H8O2/c18-17(12-11-15-7-3-1-4-8-15)19-14-13-16-9-5-2-6-10-16;2*10-9(11)7-6-8-4-2-1-3-5-8/h1-12H,13-14H2;2*1-7H,(H,10,11)/b12-11+;7-6+;. The summed E-state index contributed by atoms with van der Waals surface area (Å²) in [5, 5.41) is 16.6. The van der Waals surface area contributed by atoms with Gasteiger partial charge in [0, 0.05) is 24.6 Å². The van der Waals surface area contributed by atoms with E-state index in [1.807, 2.05) is 121 Å². The molecule has 6 nitrogen and oxygen atoms in total. The number of carboxylic acid groups (broad SMARTS) is 2. The average molecular weight is 549 g/mol. The Morgan fingerprint density at radius 1 is 0.512 bits per heavy atom. The largest absolute Gasteiger partial charge is 0.478 e. The summed E-state index contributed by atoms with van der Waals surface area (Å²) in [5.74, 6) is -2.15. The van der Waals surface area contributed by atoms with Gasteiger partial charge in [-0.2, -0.15) is 0 Å². The van der Waals surface area contributed by atoms with Crippen molar-refractivity contribution in [3.8, 4) is 0 Å². The van der Waals surface area contributed by atoms with Crippen LogP contribution in [-0.4, -0.2) is 34.7 Å². The molecule has 0 saturated carbocycles. The van der Waals surface area contributed by atoms with Crippen molar-refractivity contribution in [2.45, 2.75) is 6.42 Å². The van der Waals surface area contributed by atoms with E-state index in [1.54, 1.807) is 18.2 Å². The zero-order chi connectivity index (χ0) is 29.5. The Bertz CT molecular complexity index is 1340. The molecule has 0 aliphatic heterocycles. The third-order valence-electron chi connectivity index (χ3n) is 5.13. The molecule has 41 heavy (non-hydrogen) atoms. The fourth-order valence-electron chi connectivity index (χ4n) is 3.15. The number of carbonyl (C=O) groups excluding carboxylic acids is 1. The van der Waals surface area contributed by atoms with Crippen LogP contribution in [0.3, 0.4) is 0 Å². The maximum absolute atomic E-state index is 11.5. The fourth-order valence-corrected chi connectivity index (χ4v) is 3.15. The number of hydrogen-bond donors (Lipinski definition) is 2. The lowest BCUT2D eigenvalue weighted by Crippen LogP contribution is -2.04. The highest BCUT2D eigenvalue weighted by atomic mass is 16.5. The zero-order valence-electron chi connectivity index (χ0n) is 22.5. The van der Waals surface area contributed by atoms with Crippen LogP contribution in [0.2, 0.25) is 0 Å². The van der Waals surface area contributed by atoms with E-state index in [1.165, 1.54) is 11.6 Å². The molecule has 4 aromatic carbocycles. The highest BCUT2D eigenvalue weighted by Gasteiger charge is 1.98. The number of esters is 1. The van der Waals surface area contributed by atoms with Gasteiger partial charge in [0.1, 0.15) is 0 Å². The van der Waals surface area contributed by atoms with Crippen LogP contribution >= 0.6 is 0 Å². The van der Waals surface area contributed by atoms with Crippen molar-refractivity contribution < 1.29 is 29.3 Å². The summed E-state index contributed by atoms with van der Waals surface area (Å²) in [6, 6.07) is 38.3. The SMILES string of the molecule is O=C(/C=C/c1ccccc1)OCCc1ccccc1.O=C(O)/C=C/c1ccccc1.O=C(O)C=Cc1ccccc1. The van der Waals surface area contributed by atoms with Gasteiger partial charge in [0.05, 0.1) is 6.61 Å². The van der Waals surface area contributed by atoms with E-state index < -0.39 is 11.9 Å². The van der Waals surface area contributed by atoms with E-state index >= 15 is 0 Å². The molecule has 0 heterocycles. The third kappa shape index (κ3) is 16.2. The first-order valence-corrected chi connectivity index (χ1v) is 12.8. The summed E-state index contributed by atoms with van der Waals surface area (Å²) in [6.45, 7) is 0.405. The summed E-state index contributed by atoms with van der Waals surface area (Å²) in [6.07, 6.45) is 9.31. The van der Waals surface area contributed by atoms with E-state index in [2.05, 4.69) is 0 Å². The number of aliphatic carboxylic acids is 2. The van der Waals surface area contributed by atoms with Gasteiger partial charge in [-0.1, -0.05) is 121 Å². The Morgan fingerprint density at radius 3 is 1.22 bits per heavy atom. The number of rotatable bonds is 9. The van der Waals surface area contributed by atoms with E-state index in [-0.39, 0.29) is 5.97 Å². The molecule has 0 aromatic heterocycles. The molecular formula is C35H32O6. The molecular weight excluding hydrogens is 516 g/mol. The number of hydrogen-bond acceptors (Lipinski definition) is 4. The molecule has 0 saturated heterocycles. The monoisotopic (exact) mass is 548 g/mol. The van der Waals surface area contributed by atoms with Crippen LogP contribution in [0.5, 0.6) is 0 Å². The summed E-state index contributed by atoms with van der Waals surface area (Å²) >= 11 is 0. The van der Waals surface area contributed by atoms with Gasteiger partial charge in [-0.05, 0) is 40.5 Å². The lowest BCUT2D eigenvalue weighted by molar-refractivity contribution is -0.137. The van der Waals surface area contributed by atoms with Crippen molar-refractivity contribution in [1.29, 1.82) is 0 Å². The Kier molecular flexibility index (Phi) is 15.1. The molecule has 4 aromatic rings. The molecule has 208 valence electrons. The lowest BCUT2D eigenvalue weighted by atomic mass is 10.2. The van der Waals surface area contributed by atoms with Crippen molar-refractivity contribution in [3.63, 3.8) is 0 Å². The molecule has 0 aliphatic rings. The summed E-state index contributed by atoms with van der Waals surface area (Å²) < 4.78 is 5.14. The van der Waals surface area contributed by atoms with Crippen LogP contribution in [0.25, 0.3) is 18.2 Å². The van der Waals surface area contributed by atoms with Gasteiger partial charge in [-0.15, -0.1) is 0 Å². The normalized spacial score (nSPS) is 10.3. The van der Waals surface area contributed by atoms with Gasteiger partial charge >= 0.3 is 17.9 Å². The molecule has 6 heteroatoms. The van der Waals surface area contributed by atoms with Crippen molar-refractivity contribution in [1.82, 2.24) is 0 Å². The average Bonchev–Trinajstić information content (AvgIpc) is 3.01. The molecule has 2 N–H and O–H groups in total. The minimum Gasteiger partial charge on any atom is -0.478 e. The molecule has 4 rings (SSSR count). The molecule has 0 atom stereocenters. The van der Waals surface area contributed by atoms with Crippen LogP contribution in [0.15, 0.2) is 140 Å². The quantitative estimate of drug-likeness (QED) is 0.172. The van der Waals surface area contributed by atoms with Crippen LogP contribution < -0.4 is 0 Å². The van der Waals surface area contributed by atoms with E-state index in [0.717, 1.165) is 35.3 Å². The first-order chi connectivity index (χ1) is 19.9. The van der Waals surface area contributed by atoms with Crippen molar-refractivity contribution in [2.24, 2.45) is 0 Å². The van der Waals surface area contributed by atoms with Gasteiger partial charge in [-0.3, -0.25) is 0 Å². The van der Waals surface area contributed by atoms with Gasteiger partial charge < -0.3 is 14.9 Å². The Morgan fingerprint density at radius 2 is 0.854 bits per heavy atom. The van der Waals surface area contributed by atoms with Gasteiger partial charge in [-0.25, -0.2) is 14.4 Å². The predicted octanol–water partition coefficient (Wildman–Crippen LogP) is 7.05. The Balaban J connectivity index is 0.000000230. The first-order valence-electron chi connectivity index (χ1n) is 12.8. The molecule has 0 amide bonds. The first kappa shape index (κ1) is 31.7. The molecule has 0 spiro atoms. The Labute approximate surface area is 240 Å². The second-order valence-electron chi connectivity index (χ2n) is 8.31. The van der Waals surface area contributed by atoms with E-state index in [4.69, 9.17) is 14.9 Å². The number of ether oxygens (including phenoxy) is 1. The molecule has 0 radical (unpaired) electrons. The maximum atomic E-state index is 11.5. The smallest absolute Gasteiger partial charge is 0.330 e. The molecule has 0 bridgehead atoms. The van der Waals surface area contributed by atoms with E-state index in [0.29, 0.717) is 6.61 Å². The maximum Gasteiger partial charge on any atom is 0.330 e. The molecule has 0 fully saturated rings. The topological polar surface area (TPSA) is 101 Å². The minimum atomic E-state index is -0.922. The minimum absolute atomic E-state index is 0.306. The van der Waals surface area contributed by atoms with Crippen molar-refractivity contribution in [2.75, 3.05) is 6.61 Å². The molecule has 0 unspecified atom stereocenters. The van der Waals surface area contributed by atoms with Crippen LogP contribution in [0.4, 0.5) is 0 Å². The molecule has 0 aliphatic carbocycles. The van der Waals surface area contributed by atoms with Crippen LogP contribution in [-0.2, 0) is 25.5 Å². The highest BCUT2D eigenvalue weighted by Crippen LogP contribution is 2.03. The Hall–Kier alpha value is -5.49. The van der Waals surface area contributed by atoms with Gasteiger partial charge in [0.15, 0.2) is 0 Å². The summed E-state index contributed by atoms with van der Waals surface area (Å²) in [7, 11) is 0. The summed E-state index contributed by atoms with van der Waals surface area (Å²) in [5.41, 5.74) is 3.95. The summed E-state index contributed by atoms with van der Waals surface area (Å²) in [4.78, 5) is 31.7. The van der Waals surface area contributed by atoms with Crippen LogP contribution in [0.1, 0.15) is 22.3 Å². The zero-order valence-corrected chi connectivity index (χ0v) is 22.5. The van der Waals surface area contributed by atoms with Gasteiger partial charge in [0.2, 0.25) is 0 Å². The van der Waals surface area contributed by atoms with Crippen molar-refractivity contribution in [3.05, 3.63) is 162 Å². The third-order valence-corrected chi connectivity index (χ3v) is 5.13. The highest BCUT2D eigenvalue weighted by molar-refractivity contribution is 5.87. The van der Waals surface area contributed by atoms with Crippen molar-refractivity contribution >= 4 is 36.1 Å². The van der Waals surface area contributed by atoms with Gasteiger partial charge in [0.25, 0.3) is 0 Å².